The summed E-state index contributed by atoms with van der Waals surface area (Å²) in [6.07, 6.45) is 2.57. The number of ether oxygens (including phenoxy) is 2. The second kappa shape index (κ2) is 7.87. The predicted molar refractivity (Wildman–Crippen MR) is 84.3 cm³/mol. The highest BCUT2D eigenvalue weighted by molar-refractivity contribution is 6.31. The fraction of sp³-hybridized carbons (Fsp3) is 0.625. The molecule has 118 valence electrons. The van der Waals surface area contributed by atoms with E-state index in [0.29, 0.717) is 17.4 Å². The van der Waals surface area contributed by atoms with Crippen LogP contribution in [0.25, 0.3) is 0 Å². The zero-order valence-corrected chi connectivity index (χ0v) is 13.5. The molecule has 1 N–H and O–H groups in total. The third-order valence-corrected chi connectivity index (χ3v) is 4.17. The first-order valence-electron chi connectivity index (χ1n) is 7.53. The van der Waals surface area contributed by atoms with Gasteiger partial charge in [-0.15, -0.1) is 0 Å². The van der Waals surface area contributed by atoms with Crippen molar-refractivity contribution in [1.29, 1.82) is 0 Å². The minimum absolute atomic E-state index is 0.166. The standard InChI is InChI=1S/C16H24ClNO3/c1-3-21-16-9-12(14(17)10-15(16)20-2)11-18-7-4-5-13(19)6-8-18/h9-10,13,19H,3-8,11H2,1-2H3/t13-/m1/s1. The number of hydrogen-bond donors (Lipinski definition) is 1. The summed E-state index contributed by atoms with van der Waals surface area (Å²) in [5.74, 6) is 1.39. The summed E-state index contributed by atoms with van der Waals surface area (Å²) < 4.78 is 10.9. The van der Waals surface area contributed by atoms with E-state index in [1.54, 1.807) is 7.11 Å². The lowest BCUT2D eigenvalue weighted by molar-refractivity contribution is 0.154. The Labute approximate surface area is 131 Å². The van der Waals surface area contributed by atoms with Crippen molar-refractivity contribution in [3.8, 4) is 11.5 Å². The van der Waals surface area contributed by atoms with E-state index >= 15 is 0 Å². The maximum Gasteiger partial charge on any atom is 0.162 e. The van der Waals surface area contributed by atoms with E-state index in [9.17, 15) is 5.11 Å². The molecule has 1 atom stereocenters. The molecular weight excluding hydrogens is 290 g/mol. The lowest BCUT2D eigenvalue weighted by Gasteiger charge is -2.21. The molecule has 0 radical (unpaired) electrons. The first kappa shape index (κ1) is 16.4. The normalized spacial score (nSPS) is 20.1. The van der Waals surface area contributed by atoms with Gasteiger partial charge in [-0.05, 0) is 44.4 Å². The van der Waals surface area contributed by atoms with Gasteiger partial charge in [-0.1, -0.05) is 11.6 Å². The van der Waals surface area contributed by atoms with Crippen LogP contribution >= 0.6 is 11.6 Å². The zero-order valence-electron chi connectivity index (χ0n) is 12.8. The van der Waals surface area contributed by atoms with E-state index in [4.69, 9.17) is 21.1 Å². The van der Waals surface area contributed by atoms with Gasteiger partial charge in [0.05, 0.1) is 19.8 Å². The van der Waals surface area contributed by atoms with Crippen LogP contribution in [0.3, 0.4) is 0 Å². The summed E-state index contributed by atoms with van der Waals surface area (Å²) in [4.78, 5) is 2.33. The third-order valence-electron chi connectivity index (χ3n) is 3.82. The van der Waals surface area contributed by atoms with Crippen molar-refractivity contribution in [1.82, 2.24) is 4.90 Å². The van der Waals surface area contributed by atoms with E-state index in [0.717, 1.165) is 50.2 Å². The number of aliphatic hydroxyl groups excluding tert-OH is 1. The quantitative estimate of drug-likeness (QED) is 0.907. The van der Waals surface area contributed by atoms with E-state index in [1.165, 1.54) is 0 Å². The zero-order chi connectivity index (χ0) is 15.2. The summed E-state index contributed by atoms with van der Waals surface area (Å²) >= 11 is 6.36. The van der Waals surface area contributed by atoms with E-state index in [1.807, 2.05) is 19.1 Å². The van der Waals surface area contributed by atoms with Crippen LogP contribution in [0, 0.1) is 0 Å². The summed E-state index contributed by atoms with van der Waals surface area (Å²) in [5.41, 5.74) is 1.04. The minimum atomic E-state index is -0.166. The van der Waals surface area contributed by atoms with Gasteiger partial charge in [0, 0.05) is 24.2 Å². The highest BCUT2D eigenvalue weighted by atomic mass is 35.5. The number of methoxy groups -OCH3 is 1. The summed E-state index contributed by atoms with van der Waals surface area (Å²) in [6, 6.07) is 3.78. The topological polar surface area (TPSA) is 41.9 Å². The van der Waals surface area contributed by atoms with Crippen molar-refractivity contribution in [2.45, 2.75) is 38.8 Å². The number of halogens is 1. The molecule has 0 aromatic heterocycles. The molecule has 0 bridgehead atoms. The molecule has 1 aliphatic heterocycles. The number of likely N-dealkylation sites (tertiary alicyclic amines) is 1. The number of hydrogen-bond acceptors (Lipinski definition) is 4. The molecule has 21 heavy (non-hydrogen) atoms. The van der Waals surface area contributed by atoms with E-state index in [-0.39, 0.29) is 6.10 Å². The highest BCUT2D eigenvalue weighted by Crippen LogP contribution is 2.34. The van der Waals surface area contributed by atoms with Crippen LogP contribution in [-0.2, 0) is 6.54 Å². The SMILES string of the molecule is CCOc1cc(CN2CCC[C@@H](O)CC2)c(Cl)cc1OC. The van der Waals surface area contributed by atoms with Crippen molar-refractivity contribution in [2.24, 2.45) is 0 Å². The molecule has 1 saturated heterocycles. The molecule has 0 spiro atoms. The molecule has 1 fully saturated rings. The first-order valence-corrected chi connectivity index (χ1v) is 7.91. The predicted octanol–water partition coefficient (Wildman–Crippen LogP) is 3.09. The Hall–Kier alpha value is -0.970. The molecule has 0 aliphatic carbocycles. The van der Waals surface area contributed by atoms with Crippen LogP contribution in [0.2, 0.25) is 5.02 Å². The number of aliphatic hydroxyl groups is 1. The molecular formula is C16H24ClNO3. The molecule has 1 heterocycles. The maximum atomic E-state index is 9.72. The number of nitrogens with zero attached hydrogens (tertiary/aromatic N) is 1. The third kappa shape index (κ3) is 4.50. The van der Waals surface area contributed by atoms with Gasteiger partial charge in [0.2, 0.25) is 0 Å². The molecule has 0 saturated carbocycles. The molecule has 1 aliphatic rings. The van der Waals surface area contributed by atoms with Gasteiger partial charge in [0.15, 0.2) is 11.5 Å². The van der Waals surface area contributed by atoms with E-state index in [2.05, 4.69) is 4.90 Å². The van der Waals surface area contributed by atoms with Gasteiger partial charge in [0.1, 0.15) is 0 Å². The average Bonchev–Trinajstić information content (AvgIpc) is 2.67. The summed E-state index contributed by atoms with van der Waals surface area (Å²) in [5, 5.41) is 10.4. The average molecular weight is 314 g/mol. The Morgan fingerprint density at radius 1 is 1.29 bits per heavy atom. The van der Waals surface area contributed by atoms with Gasteiger partial charge in [0.25, 0.3) is 0 Å². The first-order chi connectivity index (χ1) is 10.1. The van der Waals surface area contributed by atoms with Gasteiger partial charge in [-0.3, -0.25) is 4.90 Å². The van der Waals surface area contributed by atoms with Crippen LogP contribution in [0.5, 0.6) is 11.5 Å². The molecule has 5 heteroatoms. The van der Waals surface area contributed by atoms with Crippen molar-refractivity contribution in [3.63, 3.8) is 0 Å². The Morgan fingerprint density at radius 3 is 2.81 bits per heavy atom. The Morgan fingerprint density at radius 2 is 2.10 bits per heavy atom. The fourth-order valence-corrected chi connectivity index (χ4v) is 2.88. The van der Waals surface area contributed by atoms with Crippen molar-refractivity contribution >= 4 is 11.6 Å². The highest BCUT2D eigenvalue weighted by Gasteiger charge is 2.17. The van der Waals surface area contributed by atoms with Crippen molar-refractivity contribution in [3.05, 3.63) is 22.7 Å². The second-order valence-corrected chi connectivity index (χ2v) is 5.80. The van der Waals surface area contributed by atoms with Crippen molar-refractivity contribution < 1.29 is 14.6 Å². The largest absolute Gasteiger partial charge is 0.493 e. The van der Waals surface area contributed by atoms with Crippen LogP contribution in [0.4, 0.5) is 0 Å². The lowest BCUT2D eigenvalue weighted by atomic mass is 10.1. The maximum absolute atomic E-state index is 9.72. The molecule has 4 nitrogen and oxygen atoms in total. The van der Waals surface area contributed by atoms with Gasteiger partial charge in [-0.2, -0.15) is 0 Å². The van der Waals surface area contributed by atoms with Gasteiger partial charge >= 0.3 is 0 Å². The van der Waals surface area contributed by atoms with Crippen LogP contribution in [0.15, 0.2) is 12.1 Å². The van der Waals surface area contributed by atoms with Crippen molar-refractivity contribution in [2.75, 3.05) is 26.8 Å². The Bertz CT molecular complexity index is 467. The monoisotopic (exact) mass is 313 g/mol. The summed E-state index contributed by atoms with van der Waals surface area (Å²) in [7, 11) is 1.62. The Balaban J connectivity index is 2.13. The Kier molecular flexibility index (Phi) is 6.15. The number of rotatable bonds is 5. The minimum Gasteiger partial charge on any atom is -0.493 e. The summed E-state index contributed by atoms with van der Waals surface area (Å²) in [6.45, 7) is 5.20. The molecule has 1 aromatic rings. The lowest BCUT2D eigenvalue weighted by Crippen LogP contribution is -2.24. The molecule has 2 rings (SSSR count). The fourth-order valence-electron chi connectivity index (χ4n) is 2.66. The molecule has 0 unspecified atom stereocenters. The van der Waals surface area contributed by atoms with E-state index < -0.39 is 0 Å². The van der Waals surface area contributed by atoms with Crippen LogP contribution in [-0.4, -0.2) is 42.9 Å². The molecule has 1 aromatic carbocycles. The van der Waals surface area contributed by atoms with Gasteiger partial charge < -0.3 is 14.6 Å². The number of benzene rings is 1. The molecule has 0 amide bonds. The van der Waals surface area contributed by atoms with Gasteiger partial charge in [-0.25, -0.2) is 0 Å². The second-order valence-electron chi connectivity index (χ2n) is 5.39. The van der Waals surface area contributed by atoms with Crippen LogP contribution in [0.1, 0.15) is 31.7 Å². The smallest absolute Gasteiger partial charge is 0.162 e. The van der Waals surface area contributed by atoms with Crippen LogP contribution < -0.4 is 9.47 Å².